The van der Waals surface area contributed by atoms with E-state index >= 15 is 0 Å². The topological polar surface area (TPSA) is 108 Å². The Balaban J connectivity index is 1.90. The summed E-state index contributed by atoms with van der Waals surface area (Å²) in [5.41, 5.74) is 2.09. The molecule has 0 aliphatic heterocycles. The van der Waals surface area contributed by atoms with Gasteiger partial charge in [0.25, 0.3) is 5.91 Å². The normalized spacial score (nSPS) is 11.2. The number of nitrogens with zero attached hydrogens (tertiary/aromatic N) is 6. The summed E-state index contributed by atoms with van der Waals surface area (Å²) in [5.74, 6) is 0.136. The number of tetrazole rings is 1. The highest BCUT2D eigenvalue weighted by Gasteiger charge is 2.19. The Morgan fingerprint density at radius 3 is 2.48 bits per heavy atom. The number of carbonyl (C=O) groups is 1. The number of phenolic OH excluding ortho intramolecular Hbond substituents is 2. The highest BCUT2D eigenvalue weighted by molar-refractivity contribution is 5.95. The first-order chi connectivity index (χ1) is 15.8. The fourth-order valence-corrected chi connectivity index (χ4v) is 3.61. The van der Waals surface area contributed by atoms with Gasteiger partial charge in [-0.15, -0.1) is 5.10 Å². The van der Waals surface area contributed by atoms with Gasteiger partial charge in [0.2, 0.25) is 0 Å². The van der Waals surface area contributed by atoms with Gasteiger partial charge < -0.3 is 20.0 Å². The summed E-state index contributed by atoms with van der Waals surface area (Å²) in [7, 11) is 5.80. The second kappa shape index (κ2) is 10.9. The molecular formula is C24H32N6O3. The van der Waals surface area contributed by atoms with Crippen LogP contribution < -0.4 is 0 Å². The maximum atomic E-state index is 12.9. The van der Waals surface area contributed by atoms with Crippen molar-refractivity contribution in [1.29, 1.82) is 0 Å². The third kappa shape index (κ3) is 5.87. The highest BCUT2D eigenvalue weighted by atomic mass is 16.3. The van der Waals surface area contributed by atoms with Crippen LogP contribution in [0.5, 0.6) is 11.5 Å². The number of rotatable bonds is 10. The van der Waals surface area contributed by atoms with Gasteiger partial charge >= 0.3 is 0 Å². The average Bonchev–Trinajstić information content (AvgIpc) is 3.25. The highest BCUT2D eigenvalue weighted by Crippen LogP contribution is 2.39. The first-order valence-corrected chi connectivity index (χ1v) is 11.1. The largest absolute Gasteiger partial charge is 0.507 e. The number of phenols is 2. The van der Waals surface area contributed by atoms with Crippen molar-refractivity contribution in [3.8, 4) is 34.0 Å². The predicted octanol–water partition coefficient (Wildman–Crippen LogP) is 3.24. The number of hydrogen-bond donors (Lipinski definition) is 2. The van der Waals surface area contributed by atoms with Crippen molar-refractivity contribution in [2.75, 3.05) is 34.2 Å². The lowest BCUT2D eigenvalue weighted by Gasteiger charge is -2.19. The number of aryl methyl sites for hydroxylation is 1. The molecule has 0 saturated heterocycles. The molecule has 2 aromatic carbocycles. The number of unbranched alkanes of at least 4 members (excludes halogenated alkanes) is 1. The first-order valence-electron chi connectivity index (χ1n) is 11.1. The maximum absolute atomic E-state index is 12.9. The fraction of sp³-hybridized carbons (Fsp3) is 0.417. The van der Waals surface area contributed by atoms with Gasteiger partial charge in [-0.25, -0.2) is 4.68 Å². The van der Waals surface area contributed by atoms with E-state index in [9.17, 15) is 15.0 Å². The lowest BCUT2D eigenvalue weighted by atomic mass is 9.98. The zero-order chi connectivity index (χ0) is 24.0. The van der Waals surface area contributed by atoms with Crippen molar-refractivity contribution in [3.05, 3.63) is 42.0 Å². The Morgan fingerprint density at radius 2 is 1.76 bits per heavy atom. The second-order valence-corrected chi connectivity index (χ2v) is 8.43. The van der Waals surface area contributed by atoms with Gasteiger partial charge in [-0.05, 0) is 67.7 Å². The van der Waals surface area contributed by atoms with Crippen molar-refractivity contribution in [2.24, 2.45) is 0 Å². The minimum Gasteiger partial charge on any atom is -0.507 e. The Bertz CT molecular complexity index is 1100. The standard InChI is InChI=1S/C24H32N6O3/c1-5-6-13-30-23(25-26-27-30)20-15-19(21(31)16-22(20)32)17-9-7-10-18(14-17)24(33)29(4)12-8-11-28(2)3/h7,9-10,14-16,31-32H,5-6,8,11-13H2,1-4H3. The van der Waals surface area contributed by atoms with Gasteiger partial charge in [-0.3, -0.25) is 4.79 Å². The van der Waals surface area contributed by atoms with Crippen molar-refractivity contribution in [2.45, 2.75) is 32.7 Å². The summed E-state index contributed by atoms with van der Waals surface area (Å²) in [4.78, 5) is 16.7. The van der Waals surface area contributed by atoms with Gasteiger partial charge in [-0.2, -0.15) is 0 Å². The molecule has 0 fully saturated rings. The van der Waals surface area contributed by atoms with E-state index < -0.39 is 0 Å². The quantitative estimate of drug-likeness (QED) is 0.486. The smallest absolute Gasteiger partial charge is 0.253 e. The van der Waals surface area contributed by atoms with Crippen molar-refractivity contribution >= 4 is 5.91 Å². The molecule has 0 aliphatic carbocycles. The number of hydrogen-bond acceptors (Lipinski definition) is 7. The Hall–Kier alpha value is -3.46. The van der Waals surface area contributed by atoms with E-state index in [-0.39, 0.29) is 17.4 Å². The van der Waals surface area contributed by atoms with Crippen LogP contribution in [0.4, 0.5) is 0 Å². The minimum atomic E-state index is -0.114. The van der Waals surface area contributed by atoms with Crippen molar-refractivity contribution in [3.63, 3.8) is 0 Å². The first kappa shape index (κ1) is 24.2. The summed E-state index contributed by atoms with van der Waals surface area (Å²) in [6.45, 7) is 4.25. The zero-order valence-corrected chi connectivity index (χ0v) is 19.7. The Morgan fingerprint density at radius 1 is 1.00 bits per heavy atom. The van der Waals surface area contributed by atoms with Gasteiger partial charge in [0, 0.05) is 37.3 Å². The lowest BCUT2D eigenvalue weighted by Crippen LogP contribution is -2.29. The second-order valence-electron chi connectivity index (χ2n) is 8.43. The van der Waals surface area contributed by atoms with Crippen LogP contribution in [0.1, 0.15) is 36.5 Å². The van der Waals surface area contributed by atoms with Gasteiger partial charge in [0.1, 0.15) is 11.5 Å². The van der Waals surface area contributed by atoms with Gasteiger partial charge in [0.05, 0.1) is 5.56 Å². The molecule has 9 heteroatoms. The molecule has 176 valence electrons. The lowest BCUT2D eigenvalue weighted by molar-refractivity contribution is 0.0790. The van der Waals surface area contributed by atoms with Gasteiger partial charge in [-0.1, -0.05) is 25.5 Å². The molecule has 0 unspecified atom stereocenters. The van der Waals surface area contributed by atoms with E-state index in [0.717, 1.165) is 25.8 Å². The Labute approximate surface area is 194 Å². The third-order valence-corrected chi connectivity index (χ3v) is 5.48. The predicted molar refractivity (Wildman–Crippen MR) is 127 cm³/mol. The van der Waals surface area contributed by atoms with Gasteiger partial charge in [0.15, 0.2) is 5.82 Å². The molecule has 2 N–H and O–H groups in total. The SMILES string of the molecule is CCCCn1nnnc1-c1cc(-c2cccc(C(=O)N(C)CCCN(C)C)c2)c(O)cc1O. The van der Waals surface area contributed by atoms with E-state index in [1.165, 1.54) is 6.07 Å². The van der Waals surface area contributed by atoms with Crippen molar-refractivity contribution in [1.82, 2.24) is 30.0 Å². The molecular weight excluding hydrogens is 420 g/mol. The summed E-state index contributed by atoms with van der Waals surface area (Å²) in [6.07, 6.45) is 2.76. The molecule has 0 atom stereocenters. The molecule has 1 aromatic heterocycles. The molecule has 0 radical (unpaired) electrons. The minimum absolute atomic E-state index is 0.0855. The van der Waals surface area contributed by atoms with Crippen LogP contribution >= 0.6 is 0 Å². The van der Waals surface area contributed by atoms with E-state index in [2.05, 4.69) is 27.3 Å². The third-order valence-electron chi connectivity index (χ3n) is 5.48. The average molecular weight is 453 g/mol. The fourth-order valence-electron chi connectivity index (χ4n) is 3.61. The van der Waals surface area contributed by atoms with Crippen molar-refractivity contribution < 1.29 is 15.0 Å². The van der Waals surface area contributed by atoms with Crippen LogP contribution in [0.25, 0.3) is 22.5 Å². The zero-order valence-electron chi connectivity index (χ0n) is 19.7. The number of benzene rings is 2. The van der Waals surface area contributed by atoms with Crippen LogP contribution in [-0.4, -0.2) is 80.4 Å². The Kier molecular flexibility index (Phi) is 8.00. The monoisotopic (exact) mass is 452 g/mol. The number of aromatic hydroxyl groups is 2. The molecule has 0 aliphatic rings. The molecule has 3 rings (SSSR count). The molecule has 9 nitrogen and oxygen atoms in total. The summed E-state index contributed by atoms with van der Waals surface area (Å²) >= 11 is 0. The summed E-state index contributed by atoms with van der Waals surface area (Å²) < 4.78 is 1.64. The van der Waals surface area contributed by atoms with Crippen LogP contribution in [-0.2, 0) is 6.54 Å². The van der Waals surface area contributed by atoms with Crippen LogP contribution in [0, 0.1) is 0 Å². The molecule has 3 aromatic rings. The number of amides is 1. The van der Waals surface area contributed by atoms with E-state index in [4.69, 9.17) is 0 Å². The van der Waals surface area contributed by atoms with Crippen LogP contribution in [0.15, 0.2) is 36.4 Å². The summed E-state index contributed by atoms with van der Waals surface area (Å²) in [5, 5.41) is 32.9. The molecule has 0 bridgehead atoms. The number of carbonyl (C=O) groups excluding carboxylic acids is 1. The summed E-state index contributed by atoms with van der Waals surface area (Å²) in [6, 6.07) is 10.1. The van der Waals surface area contributed by atoms with E-state index in [1.54, 1.807) is 40.9 Å². The van der Waals surface area contributed by atoms with E-state index in [1.807, 2.05) is 20.2 Å². The molecule has 0 saturated carbocycles. The molecule has 1 amide bonds. The molecule has 33 heavy (non-hydrogen) atoms. The molecule has 0 spiro atoms. The molecule has 1 heterocycles. The van der Waals surface area contributed by atoms with E-state index in [0.29, 0.717) is 41.2 Å². The van der Waals surface area contributed by atoms with Crippen LogP contribution in [0.2, 0.25) is 0 Å². The van der Waals surface area contributed by atoms with Crippen LogP contribution in [0.3, 0.4) is 0 Å². The maximum Gasteiger partial charge on any atom is 0.253 e. The number of aromatic nitrogens is 4.